The van der Waals surface area contributed by atoms with Crippen molar-refractivity contribution < 1.29 is 24.2 Å². The molecule has 0 aromatic heterocycles. The van der Waals surface area contributed by atoms with Crippen LogP contribution in [0, 0.1) is 11.8 Å². The van der Waals surface area contributed by atoms with Crippen LogP contribution < -0.4 is 0 Å². The quantitative estimate of drug-likeness (QED) is 0.149. The Morgan fingerprint density at radius 1 is 1.19 bits per heavy atom. The van der Waals surface area contributed by atoms with Crippen molar-refractivity contribution in [2.45, 2.75) is 91.1 Å². The molecule has 2 amide bonds. The molecule has 1 saturated carbocycles. The SMILES string of the molecule is C=CCCCCOC(=O)[C@H]1[C@@H]2SC3(CC2Br)C(C(=O)N(CC=C)C2CCCCC2)N(CCCO)C(=O)[C@H]13. The Balaban J connectivity index is 1.63. The molecule has 4 aliphatic rings. The van der Waals surface area contributed by atoms with Crippen LogP contribution >= 0.6 is 27.7 Å². The summed E-state index contributed by atoms with van der Waals surface area (Å²) in [5.74, 6) is -1.66. The number of rotatable bonds is 13. The number of unbranched alkanes of at least 4 members (excludes halogenated alkanes) is 2. The lowest BCUT2D eigenvalue weighted by molar-refractivity contribution is -0.154. The Labute approximate surface area is 233 Å². The Kier molecular flexibility index (Phi) is 9.84. The number of aliphatic hydroxyl groups excluding tert-OH is 1. The van der Waals surface area contributed by atoms with E-state index in [9.17, 15) is 19.5 Å². The first-order valence-electron chi connectivity index (χ1n) is 13.8. The van der Waals surface area contributed by atoms with Crippen LogP contribution in [0.25, 0.3) is 0 Å². The maximum atomic E-state index is 14.4. The summed E-state index contributed by atoms with van der Waals surface area (Å²) in [6.07, 6.45) is 12.5. The van der Waals surface area contributed by atoms with Gasteiger partial charge in [-0.3, -0.25) is 14.4 Å². The van der Waals surface area contributed by atoms with E-state index in [0.29, 0.717) is 32.5 Å². The van der Waals surface area contributed by atoms with E-state index in [0.717, 1.165) is 44.9 Å². The number of likely N-dealkylation sites (tertiary alicyclic amines) is 1. The van der Waals surface area contributed by atoms with Crippen LogP contribution in [0.15, 0.2) is 25.3 Å². The number of amides is 2. The van der Waals surface area contributed by atoms with Crippen LogP contribution in [-0.4, -0.2) is 85.9 Å². The fourth-order valence-electron chi connectivity index (χ4n) is 6.93. The highest BCUT2D eigenvalue weighted by molar-refractivity contribution is 9.09. The summed E-state index contributed by atoms with van der Waals surface area (Å²) in [6.45, 7) is 8.65. The van der Waals surface area contributed by atoms with E-state index in [1.165, 1.54) is 6.42 Å². The molecule has 6 atom stereocenters. The maximum Gasteiger partial charge on any atom is 0.310 e. The number of hydrogen-bond acceptors (Lipinski definition) is 6. The van der Waals surface area contributed by atoms with E-state index >= 15 is 0 Å². The number of aliphatic hydroxyl groups is 1. The standard InChI is InChI=1S/C28H41BrN2O5S/c1-3-5-6-10-17-36-27(35)21-22-25(33)31(15-11-16-32)24(28(22)18-20(29)23(21)37-28)26(34)30(14-4-2)19-12-8-7-9-13-19/h3-4,19-24,32H,1-2,5-18H2/t20?,21-,22+,23-,24?,28?/m1/s1. The molecule has 3 heterocycles. The molecule has 4 rings (SSSR count). The van der Waals surface area contributed by atoms with Gasteiger partial charge in [0.2, 0.25) is 11.8 Å². The first-order valence-corrected chi connectivity index (χ1v) is 15.6. The lowest BCUT2D eigenvalue weighted by Crippen LogP contribution is -2.57. The zero-order valence-corrected chi connectivity index (χ0v) is 24.1. The highest BCUT2D eigenvalue weighted by Gasteiger charge is 2.76. The van der Waals surface area contributed by atoms with E-state index in [2.05, 4.69) is 29.1 Å². The number of thioether (sulfide) groups is 1. The third kappa shape index (κ3) is 5.42. The summed E-state index contributed by atoms with van der Waals surface area (Å²) in [7, 11) is 0. The molecule has 206 valence electrons. The van der Waals surface area contributed by atoms with Gasteiger partial charge in [0.25, 0.3) is 0 Å². The molecule has 2 bridgehead atoms. The maximum absolute atomic E-state index is 14.4. The van der Waals surface area contributed by atoms with Gasteiger partial charge in [-0.2, -0.15) is 0 Å². The van der Waals surface area contributed by atoms with Gasteiger partial charge >= 0.3 is 5.97 Å². The molecule has 0 aromatic rings. The van der Waals surface area contributed by atoms with Gasteiger partial charge in [0, 0.05) is 35.8 Å². The number of alkyl halides is 1. The van der Waals surface area contributed by atoms with E-state index in [4.69, 9.17) is 4.74 Å². The molecule has 1 N–H and O–H groups in total. The van der Waals surface area contributed by atoms with Crippen LogP contribution in [-0.2, 0) is 19.1 Å². The van der Waals surface area contributed by atoms with Crippen molar-refractivity contribution in [3.8, 4) is 0 Å². The van der Waals surface area contributed by atoms with E-state index < -0.39 is 22.6 Å². The van der Waals surface area contributed by atoms with Gasteiger partial charge in [-0.1, -0.05) is 47.3 Å². The Bertz CT molecular complexity index is 881. The third-order valence-corrected chi connectivity index (χ3v) is 11.7. The Morgan fingerprint density at radius 2 is 1.95 bits per heavy atom. The van der Waals surface area contributed by atoms with Crippen molar-refractivity contribution in [1.82, 2.24) is 9.80 Å². The zero-order valence-electron chi connectivity index (χ0n) is 21.7. The van der Waals surface area contributed by atoms with E-state index in [-0.39, 0.29) is 40.5 Å². The number of halogens is 1. The Morgan fingerprint density at radius 3 is 2.62 bits per heavy atom. The second-order valence-electron chi connectivity index (χ2n) is 10.8. The zero-order chi connectivity index (χ0) is 26.6. The number of carbonyl (C=O) groups excluding carboxylic acids is 3. The molecular formula is C28H41BrN2O5S. The fourth-order valence-corrected chi connectivity index (χ4v) is 10.5. The summed E-state index contributed by atoms with van der Waals surface area (Å²) < 4.78 is 5.02. The normalized spacial score (nSPS) is 32.9. The molecule has 1 spiro atoms. The van der Waals surface area contributed by atoms with Crippen molar-refractivity contribution in [2.24, 2.45) is 11.8 Å². The minimum atomic E-state index is -0.678. The van der Waals surface area contributed by atoms with Crippen LogP contribution in [0.2, 0.25) is 0 Å². The predicted octanol–water partition coefficient (Wildman–Crippen LogP) is 4.08. The molecule has 0 aromatic carbocycles. The highest BCUT2D eigenvalue weighted by atomic mass is 79.9. The molecule has 9 heteroatoms. The van der Waals surface area contributed by atoms with Crippen molar-refractivity contribution in [2.75, 3.05) is 26.3 Å². The molecule has 3 saturated heterocycles. The monoisotopic (exact) mass is 596 g/mol. The van der Waals surface area contributed by atoms with E-state index in [1.54, 1.807) is 22.7 Å². The molecule has 1 aliphatic carbocycles. The Hall–Kier alpha value is -1.32. The molecule has 3 aliphatic heterocycles. The molecule has 7 nitrogen and oxygen atoms in total. The van der Waals surface area contributed by atoms with Gasteiger partial charge in [0.1, 0.15) is 6.04 Å². The molecule has 37 heavy (non-hydrogen) atoms. The largest absolute Gasteiger partial charge is 0.465 e. The highest BCUT2D eigenvalue weighted by Crippen LogP contribution is 2.68. The summed E-state index contributed by atoms with van der Waals surface area (Å²) >= 11 is 5.44. The molecule has 4 fully saturated rings. The number of nitrogens with zero attached hydrogens (tertiary/aromatic N) is 2. The number of carbonyl (C=O) groups is 3. The number of hydrogen-bond donors (Lipinski definition) is 1. The van der Waals surface area contributed by atoms with Gasteiger partial charge in [-0.15, -0.1) is 24.9 Å². The smallest absolute Gasteiger partial charge is 0.310 e. The average molecular weight is 598 g/mol. The lowest BCUT2D eigenvalue weighted by Gasteiger charge is -2.41. The van der Waals surface area contributed by atoms with Gasteiger partial charge in [-0.25, -0.2) is 0 Å². The average Bonchev–Trinajstić information content (AvgIpc) is 3.49. The van der Waals surface area contributed by atoms with Gasteiger partial charge in [-0.05, 0) is 44.9 Å². The second-order valence-corrected chi connectivity index (χ2v) is 13.5. The summed E-state index contributed by atoms with van der Waals surface area (Å²) in [4.78, 5) is 45.4. The van der Waals surface area contributed by atoms with Gasteiger partial charge in [0.15, 0.2) is 0 Å². The van der Waals surface area contributed by atoms with Crippen molar-refractivity contribution in [1.29, 1.82) is 0 Å². The van der Waals surface area contributed by atoms with Crippen LogP contribution in [0.1, 0.15) is 64.2 Å². The van der Waals surface area contributed by atoms with Crippen molar-refractivity contribution in [3.05, 3.63) is 25.3 Å². The summed E-state index contributed by atoms with van der Waals surface area (Å²) in [5, 5.41) is 9.46. The first-order chi connectivity index (χ1) is 17.9. The number of allylic oxidation sites excluding steroid dienone is 1. The number of fused-ring (bicyclic) bond motifs is 1. The second kappa shape index (κ2) is 12.7. The number of ether oxygens (including phenoxy) is 1. The van der Waals surface area contributed by atoms with Crippen molar-refractivity contribution in [3.63, 3.8) is 0 Å². The number of esters is 1. The topological polar surface area (TPSA) is 87.2 Å². The predicted molar refractivity (Wildman–Crippen MR) is 149 cm³/mol. The molecule has 3 unspecified atom stereocenters. The van der Waals surface area contributed by atoms with Crippen LogP contribution in [0.3, 0.4) is 0 Å². The fraction of sp³-hybridized carbons (Fsp3) is 0.750. The van der Waals surface area contributed by atoms with Crippen molar-refractivity contribution >= 4 is 45.5 Å². The van der Waals surface area contributed by atoms with Gasteiger partial charge < -0.3 is 19.6 Å². The first kappa shape index (κ1) is 28.7. The molecular weight excluding hydrogens is 556 g/mol. The minimum Gasteiger partial charge on any atom is -0.465 e. The van der Waals surface area contributed by atoms with E-state index in [1.807, 2.05) is 11.0 Å². The molecule has 0 radical (unpaired) electrons. The van der Waals surface area contributed by atoms with Crippen LogP contribution in [0.5, 0.6) is 0 Å². The van der Waals surface area contributed by atoms with Crippen LogP contribution in [0.4, 0.5) is 0 Å². The lowest BCUT2D eigenvalue weighted by atomic mass is 9.71. The summed E-state index contributed by atoms with van der Waals surface area (Å²) in [5.41, 5.74) is 0. The summed E-state index contributed by atoms with van der Waals surface area (Å²) in [6, 6.07) is -0.511. The minimum absolute atomic E-state index is 0.0236. The third-order valence-electron chi connectivity index (χ3n) is 8.52. The van der Waals surface area contributed by atoms with Gasteiger partial charge in [0.05, 0.1) is 23.2 Å².